The summed E-state index contributed by atoms with van der Waals surface area (Å²) < 4.78 is 26.8. The molecule has 1 heterocycles. The van der Waals surface area contributed by atoms with Crippen molar-refractivity contribution < 1.29 is 13.2 Å². The number of carbonyl (C=O) groups is 1. The number of hydrogen-bond acceptors (Lipinski definition) is 3. The van der Waals surface area contributed by atoms with E-state index in [1.807, 2.05) is 12.1 Å². The van der Waals surface area contributed by atoms with Gasteiger partial charge in [0.05, 0.1) is 5.02 Å². The van der Waals surface area contributed by atoms with Gasteiger partial charge in [0.25, 0.3) is 0 Å². The summed E-state index contributed by atoms with van der Waals surface area (Å²) in [4.78, 5) is 14.1. The van der Waals surface area contributed by atoms with E-state index in [2.05, 4.69) is 0 Å². The number of carbonyl (C=O) groups excluding carboxylic acids is 1. The van der Waals surface area contributed by atoms with Crippen molar-refractivity contribution in [3.63, 3.8) is 0 Å². The van der Waals surface area contributed by atoms with Crippen LogP contribution in [0.4, 0.5) is 0 Å². The lowest BCUT2D eigenvalue weighted by molar-refractivity contribution is -0.127. The Labute approximate surface area is 168 Å². The molecule has 1 aliphatic rings. The molecule has 3 rings (SSSR count). The average molecular weight is 425 g/mol. The fourth-order valence-electron chi connectivity index (χ4n) is 2.83. The Morgan fingerprint density at radius 2 is 1.67 bits per heavy atom. The van der Waals surface area contributed by atoms with Crippen molar-refractivity contribution in [2.45, 2.75) is 4.90 Å². The Morgan fingerprint density at radius 3 is 2.33 bits per heavy atom. The van der Waals surface area contributed by atoms with Crippen molar-refractivity contribution in [1.82, 2.24) is 9.21 Å². The van der Waals surface area contributed by atoms with E-state index in [9.17, 15) is 13.2 Å². The fourth-order valence-corrected chi connectivity index (χ4v) is 4.94. The van der Waals surface area contributed by atoms with Gasteiger partial charge in [0.1, 0.15) is 4.90 Å². The van der Waals surface area contributed by atoms with Gasteiger partial charge in [0.2, 0.25) is 15.9 Å². The van der Waals surface area contributed by atoms with E-state index in [0.29, 0.717) is 18.1 Å². The van der Waals surface area contributed by atoms with Gasteiger partial charge in [-0.05, 0) is 35.9 Å². The highest BCUT2D eigenvalue weighted by molar-refractivity contribution is 7.89. The van der Waals surface area contributed by atoms with Crippen molar-refractivity contribution in [3.8, 4) is 0 Å². The summed E-state index contributed by atoms with van der Waals surface area (Å²) >= 11 is 12.0. The molecule has 0 saturated carbocycles. The number of rotatable bonds is 4. The summed E-state index contributed by atoms with van der Waals surface area (Å²) in [5.74, 6) is -0.162. The van der Waals surface area contributed by atoms with Gasteiger partial charge in [0, 0.05) is 37.3 Å². The third-order valence-corrected chi connectivity index (χ3v) is 6.91. The minimum Gasteiger partial charge on any atom is -0.337 e. The Kier molecular flexibility index (Phi) is 6.22. The average Bonchev–Trinajstić information content (AvgIpc) is 2.66. The molecular weight excluding hydrogens is 407 g/mol. The van der Waals surface area contributed by atoms with Crippen LogP contribution < -0.4 is 0 Å². The van der Waals surface area contributed by atoms with Crippen LogP contribution in [-0.2, 0) is 14.8 Å². The van der Waals surface area contributed by atoms with Crippen LogP contribution in [0, 0.1) is 0 Å². The predicted octanol–water partition coefficient (Wildman–Crippen LogP) is 3.54. The number of amides is 1. The molecule has 142 valence electrons. The summed E-state index contributed by atoms with van der Waals surface area (Å²) in [6.07, 6.45) is 3.17. The first-order chi connectivity index (χ1) is 12.9. The standard InChI is InChI=1S/C19H18Cl2N2O3S/c20-16-5-3-4-15(14-16)8-9-19(24)22-10-12-23(13-11-22)27(25,26)18-7-2-1-6-17(18)21/h1-9,14H,10-13H2/b9-8+. The lowest BCUT2D eigenvalue weighted by atomic mass is 10.2. The van der Waals surface area contributed by atoms with Gasteiger partial charge in [-0.15, -0.1) is 0 Å². The van der Waals surface area contributed by atoms with E-state index in [4.69, 9.17) is 23.2 Å². The summed E-state index contributed by atoms with van der Waals surface area (Å²) in [5, 5.41) is 0.795. The van der Waals surface area contributed by atoms with Crippen LogP contribution in [0.2, 0.25) is 10.0 Å². The first kappa shape index (κ1) is 19.9. The second-order valence-electron chi connectivity index (χ2n) is 6.05. The molecule has 0 unspecified atom stereocenters. The molecule has 2 aromatic carbocycles. The number of sulfonamides is 1. The van der Waals surface area contributed by atoms with Crippen LogP contribution in [0.25, 0.3) is 6.08 Å². The van der Waals surface area contributed by atoms with E-state index in [-0.39, 0.29) is 28.9 Å². The molecule has 0 aliphatic carbocycles. The highest BCUT2D eigenvalue weighted by Gasteiger charge is 2.30. The van der Waals surface area contributed by atoms with Crippen LogP contribution in [0.5, 0.6) is 0 Å². The maximum absolute atomic E-state index is 12.7. The molecule has 0 radical (unpaired) electrons. The van der Waals surface area contributed by atoms with Gasteiger partial charge in [-0.2, -0.15) is 4.31 Å². The summed E-state index contributed by atoms with van der Waals surface area (Å²) in [6.45, 7) is 1.10. The van der Waals surface area contributed by atoms with Crippen LogP contribution in [-0.4, -0.2) is 49.7 Å². The molecule has 0 aromatic heterocycles. The van der Waals surface area contributed by atoms with Gasteiger partial charge in [-0.25, -0.2) is 8.42 Å². The van der Waals surface area contributed by atoms with Crippen molar-refractivity contribution in [1.29, 1.82) is 0 Å². The first-order valence-corrected chi connectivity index (χ1v) is 10.5. The van der Waals surface area contributed by atoms with Crippen molar-refractivity contribution in [2.75, 3.05) is 26.2 Å². The predicted molar refractivity (Wildman–Crippen MR) is 107 cm³/mol. The molecule has 5 nitrogen and oxygen atoms in total. The van der Waals surface area contributed by atoms with E-state index in [0.717, 1.165) is 5.56 Å². The molecular formula is C19H18Cl2N2O3S. The second-order valence-corrected chi connectivity index (χ2v) is 8.80. The normalized spacial score (nSPS) is 16.0. The first-order valence-electron chi connectivity index (χ1n) is 8.35. The number of nitrogens with zero attached hydrogens (tertiary/aromatic N) is 2. The van der Waals surface area contributed by atoms with E-state index in [1.165, 1.54) is 16.4 Å². The van der Waals surface area contributed by atoms with Crippen LogP contribution >= 0.6 is 23.2 Å². The largest absolute Gasteiger partial charge is 0.337 e. The summed E-state index contributed by atoms with van der Waals surface area (Å²) in [7, 11) is -3.67. The number of halogens is 2. The van der Waals surface area contributed by atoms with Crippen LogP contribution in [0.15, 0.2) is 59.5 Å². The minimum atomic E-state index is -3.67. The lowest BCUT2D eigenvalue weighted by Crippen LogP contribution is -2.50. The number of hydrogen-bond donors (Lipinski definition) is 0. The zero-order chi connectivity index (χ0) is 19.4. The number of piperazine rings is 1. The van der Waals surface area contributed by atoms with E-state index < -0.39 is 10.0 Å². The van der Waals surface area contributed by atoms with Gasteiger partial charge >= 0.3 is 0 Å². The van der Waals surface area contributed by atoms with E-state index in [1.54, 1.807) is 41.3 Å². The smallest absolute Gasteiger partial charge is 0.246 e. The third kappa shape index (κ3) is 4.71. The third-order valence-electron chi connectivity index (χ3n) is 4.27. The second kappa shape index (κ2) is 8.44. The molecule has 1 saturated heterocycles. The van der Waals surface area contributed by atoms with Gasteiger partial charge in [-0.3, -0.25) is 4.79 Å². The quantitative estimate of drug-likeness (QED) is 0.705. The maximum atomic E-state index is 12.7. The molecule has 1 aliphatic heterocycles. The lowest BCUT2D eigenvalue weighted by Gasteiger charge is -2.33. The minimum absolute atomic E-state index is 0.0901. The van der Waals surface area contributed by atoms with Crippen molar-refractivity contribution in [2.24, 2.45) is 0 Å². The Morgan fingerprint density at radius 1 is 0.963 bits per heavy atom. The molecule has 1 amide bonds. The topological polar surface area (TPSA) is 57.7 Å². The van der Waals surface area contributed by atoms with Gasteiger partial charge < -0.3 is 4.90 Å². The molecule has 0 bridgehead atoms. The van der Waals surface area contributed by atoms with Crippen LogP contribution in [0.1, 0.15) is 5.56 Å². The molecule has 8 heteroatoms. The fraction of sp³-hybridized carbons (Fsp3) is 0.211. The van der Waals surface area contributed by atoms with E-state index >= 15 is 0 Å². The maximum Gasteiger partial charge on any atom is 0.246 e. The molecule has 27 heavy (non-hydrogen) atoms. The van der Waals surface area contributed by atoms with Crippen LogP contribution in [0.3, 0.4) is 0 Å². The monoisotopic (exact) mass is 424 g/mol. The molecule has 1 fully saturated rings. The number of benzene rings is 2. The summed E-state index contributed by atoms with van der Waals surface area (Å²) in [6, 6.07) is 13.6. The highest BCUT2D eigenvalue weighted by atomic mass is 35.5. The SMILES string of the molecule is O=C(/C=C/c1cccc(Cl)c1)N1CCN(S(=O)(=O)c2ccccc2Cl)CC1. The molecule has 0 N–H and O–H groups in total. The highest BCUT2D eigenvalue weighted by Crippen LogP contribution is 2.25. The van der Waals surface area contributed by atoms with Gasteiger partial charge in [-0.1, -0.05) is 47.5 Å². The van der Waals surface area contributed by atoms with Crippen molar-refractivity contribution in [3.05, 3.63) is 70.2 Å². The summed E-state index contributed by atoms with van der Waals surface area (Å²) in [5.41, 5.74) is 0.829. The zero-order valence-electron chi connectivity index (χ0n) is 14.4. The van der Waals surface area contributed by atoms with Gasteiger partial charge in [0.15, 0.2) is 0 Å². The molecule has 0 atom stereocenters. The van der Waals surface area contributed by atoms with Crippen molar-refractivity contribution >= 4 is 45.2 Å². The Hall–Kier alpha value is -1.86. The zero-order valence-corrected chi connectivity index (χ0v) is 16.7. The molecule has 2 aromatic rings. The Bertz CT molecular complexity index is 968. The molecule has 0 spiro atoms. The Balaban J connectivity index is 1.63.